The first-order chi connectivity index (χ1) is 12.4. The Morgan fingerprint density at radius 1 is 1.27 bits per heavy atom. The fraction of sp³-hybridized carbons (Fsp3) is 0.222. The van der Waals surface area contributed by atoms with Gasteiger partial charge in [-0.3, -0.25) is 4.79 Å². The molecule has 0 aliphatic carbocycles. The molecule has 0 bridgehead atoms. The third-order valence-corrected chi connectivity index (χ3v) is 5.49. The normalized spacial score (nSPS) is 13.2. The number of ether oxygens (including phenoxy) is 1. The quantitative estimate of drug-likeness (QED) is 0.815. The van der Waals surface area contributed by atoms with Gasteiger partial charge in [0.2, 0.25) is 5.91 Å². The van der Waals surface area contributed by atoms with Gasteiger partial charge in [-0.1, -0.05) is 11.6 Å². The minimum atomic E-state index is -0.414. The zero-order chi connectivity index (χ0) is 18.8. The average molecular weight is 392 g/mol. The van der Waals surface area contributed by atoms with Crippen molar-refractivity contribution in [3.63, 3.8) is 0 Å². The van der Waals surface area contributed by atoms with Gasteiger partial charge in [-0.25, -0.2) is 4.79 Å². The maximum atomic E-state index is 12.4. The second-order valence-electron chi connectivity index (χ2n) is 5.80. The van der Waals surface area contributed by atoms with Crippen LogP contribution in [0.25, 0.3) is 0 Å². The Morgan fingerprint density at radius 3 is 2.77 bits per heavy atom. The first-order valence-electron chi connectivity index (χ1n) is 7.84. The van der Waals surface area contributed by atoms with Crippen molar-refractivity contribution in [2.24, 2.45) is 0 Å². The number of hydrogen-bond donors (Lipinski definition) is 2. The summed E-state index contributed by atoms with van der Waals surface area (Å²) in [7, 11) is 3.24. The van der Waals surface area contributed by atoms with E-state index in [1.54, 1.807) is 36.2 Å². The molecule has 3 amide bonds. The molecule has 0 atom stereocenters. The number of aryl methyl sites for hydroxylation is 1. The lowest BCUT2D eigenvalue weighted by atomic mass is 10.2. The molecule has 0 saturated carbocycles. The fourth-order valence-electron chi connectivity index (χ4n) is 2.56. The van der Waals surface area contributed by atoms with Crippen LogP contribution in [-0.4, -0.2) is 31.8 Å². The smallest absolute Gasteiger partial charge is 0.323 e. The summed E-state index contributed by atoms with van der Waals surface area (Å²) in [6.45, 7) is 1.85. The molecule has 2 aromatic carbocycles. The van der Waals surface area contributed by atoms with Crippen LogP contribution in [0.15, 0.2) is 35.2 Å². The van der Waals surface area contributed by atoms with Crippen molar-refractivity contribution in [2.75, 3.05) is 35.4 Å². The summed E-state index contributed by atoms with van der Waals surface area (Å²) >= 11 is 7.57. The largest absolute Gasteiger partial charge is 0.495 e. The molecule has 136 valence electrons. The fourth-order valence-corrected chi connectivity index (χ4v) is 3.70. The number of carbonyl (C=O) groups excluding carboxylic acids is 2. The predicted molar refractivity (Wildman–Crippen MR) is 106 cm³/mol. The molecule has 2 aromatic rings. The van der Waals surface area contributed by atoms with Gasteiger partial charge in [0.25, 0.3) is 0 Å². The van der Waals surface area contributed by atoms with Crippen molar-refractivity contribution in [1.82, 2.24) is 0 Å². The number of anilines is 3. The summed E-state index contributed by atoms with van der Waals surface area (Å²) in [5.74, 6) is 0.931. The van der Waals surface area contributed by atoms with Crippen molar-refractivity contribution in [2.45, 2.75) is 11.8 Å². The zero-order valence-corrected chi connectivity index (χ0v) is 16.1. The molecule has 1 aliphatic heterocycles. The van der Waals surface area contributed by atoms with Crippen LogP contribution in [0.1, 0.15) is 5.56 Å². The van der Waals surface area contributed by atoms with Crippen molar-refractivity contribution in [3.05, 3.63) is 40.9 Å². The van der Waals surface area contributed by atoms with E-state index in [1.807, 2.05) is 13.0 Å². The lowest BCUT2D eigenvalue weighted by Gasteiger charge is -2.25. The molecule has 0 saturated heterocycles. The second-order valence-corrected chi connectivity index (χ2v) is 7.23. The molecule has 0 aromatic heterocycles. The summed E-state index contributed by atoms with van der Waals surface area (Å²) in [6, 6.07) is 8.47. The van der Waals surface area contributed by atoms with Crippen LogP contribution >= 0.6 is 23.4 Å². The third-order valence-electron chi connectivity index (χ3n) is 4.03. The molecular weight excluding hydrogens is 374 g/mol. The van der Waals surface area contributed by atoms with Gasteiger partial charge in [0.1, 0.15) is 5.75 Å². The Labute approximate surface area is 160 Å². The maximum absolute atomic E-state index is 12.4. The Bertz CT molecular complexity index is 888. The molecule has 1 heterocycles. The highest BCUT2D eigenvalue weighted by Crippen LogP contribution is 2.36. The predicted octanol–water partition coefficient (Wildman–Crippen LogP) is 4.37. The molecule has 2 N–H and O–H groups in total. The summed E-state index contributed by atoms with van der Waals surface area (Å²) in [5.41, 5.74) is 2.72. The SMILES string of the molecule is COc1cc(Cl)c(C)cc1NC(=O)Nc1ccc2c(c1)N(C)C(=O)CS2. The first-order valence-corrected chi connectivity index (χ1v) is 9.21. The van der Waals surface area contributed by atoms with Gasteiger partial charge in [0.15, 0.2) is 0 Å². The van der Waals surface area contributed by atoms with E-state index >= 15 is 0 Å². The Kier molecular flexibility index (Phi) is 5.29. The van der Waals surface area contributed by atoms with Crippen LogP contribution < -0.4 is 20.3 Å². The molecule has 8 heteroatoms. The molecular formula is C18H18ClN3O3S. The van der Waals surface area contributed by atoms with Gasteiger partial charge in [0, 0.05) is 28.7 Å². The minimum absolute atomic E-state index is 0.0328. The maximum Gasteiger partial charge on any atom is 0.323 e. The first kappa shape index (κ1) is 18.4. The van der Waals surface area contributed by atoms with E-state index < -0.39 is 6.03 Å². The lowest BCUT2D eigenvalue weighted by Crippen LogP contribution is -2.31. The molecule has 3 rings (SSSR count). The monoisotopic (exact) mass is 391 g/mol. The second kappa shape index (κ2) is 7.47. The third kappa shape index (κ3) is 3.73. The number of benzene rings is 2. The van der Waals surface area contributed by atoms with Crippen molar-refractivity contribution in [1.29, 1.82) is 0 Å². The number of fused-ring (bicyclic) bond motifs is 1. The molecule has 1 aliphatic rings. The van der Waals surface area contributed by atoms with Crippen LogP contribution in [0.5, 0.6) is 5.75 Å². The molecule has 26 heavy (non-hydrogen) atoms. The van der Waals surface area contributed by atoms with E-state index in [1.165, 1.54) is 18.9 Å². The summed E-state index contributed by atoms with van der Waals surface area (Å²) in [4.78, 5) is 26.8. The molecule has 0 unspecified atom stereocenters. The number of hydrogen-bond acceptors (Lipinski definition) is 4. The van der Waals surface area contributed by atoms with Crippen LogP contribution in [0.2, 0.25) is 5.02 Å². The van der Waals surface area contributed by atoms with Crippen LogP contribution in [-0.2, 0) is 4.79 Å². The number of thioether (sulfide) groups is 1. The zero-order valence-electron chi connectivity index (χ0n) is 14.6. The topological polar surface area (TPSA) is 70.7 Å². The van der Waals surface area contributed by atoms with Gasteiger partial charge in [-0.05, 0) is 36.8 Å². The van der Waals surface area contributed by atoms with Crippen molar-refractivity contribution < 1.29 is 14.3 Å². The van der Waals surface area contributed by atoms with E-state index in [0.717, 1.165) is 16.1 Å². The number of carbonyl (C=O) groups is 2. The molecule has 0 fully saturated rings. The standard InChI is InChI=1S/C18H18ClN3O3S/c1-10-6-13(15(25-3)8-12(10)19)21-18(24)20-11-4-5-16-14(7-11)22(2)17(23)9-26-16/h4-8H,9H2,1-3H3,(H2,20,21,24). The van der Waals surface area contributed by atoms with E-state index in [-0.39, 0.29) is 5.91 Å². The Balaban J connectivity index is 1.77. The van der Waals surface area contributed by atoms with Gasteiger partial charge in [-0.15, -0.1) is 11.8 Å². The number of nitrogens with one attached hydrogen (secondary N) is 2. The van der Waals surface area contributed by atoms with Gasteiger partial charge < -0.3 is 20.3 Å². The lowest BCUT2D eigenvalue weighted by molar-refractivity contribution is -0.116. The number of urea groups is 1. The van der Waals surface area contributed by atoms with Crippen LogP contribution in [0, 0.1) is 6.92 Å². The van der Waals surface area contributed by atoms with Gasteiger partial charge in [-0.2, -0.15) is 0 Å². The highest BCUT2D eigenvalue weighted by molar-refractivity contribution is 8.00. The summed E-state index contributed by atoms with van der Waals surface area (Å²) in [5, 5.41) is 6.10. The van der Waals surface area contributed by atoms with E-state index in [9.17, 15) is 9.59 Å². The number of nitrogens with zero attached hydrogens (tertiary/aromatic N) is 1. The number of rotatable bonds is 3. The van der Waals surface area contributed by atoms with E-state index in [2.05, 4.69) is 10.6 Å². The summed E-state index contributed by atoms with van der Waals surface area (Å²) < 4.78 is 5.26. The highest BCUT2D eigenvalue weighted by Gasteiger charge is 2.22. The molecule has 0 radical (unpaired) electrons. The number of amides is 3. The highest BCUT2D eigenvalue weighted by atomic mass is 35.5. The number of halogens is 1. The average Bonchev–Trinajstić information content (AvgIpc) is 2.61. The van der Waals surface area contributed by atoms with Crippen LogP contribution in [0.4, 0.5) is 21.9 Å². The van der Waals surface area contributed by atoms with E-state index in [0.29, 0.717) is 27.9 Å². The molecule has 0 spiro atoms. The minimum Gasteiger partial charge on any atom is -0.495 e. The van der Waals surface area contributed by atoms with Gasteiger partial charge in [0.05, 0.1) is 24.2 Å². The Hall–Kier alpha value is -2.38. The Morgan fingerprint density at radius 2 is 2.04 bits per heavy atom. The van der Waals surface area contributed by atoms with Gasteiger partial charge >= 0.3 is 6.03 Å². The van der Waals surface area contributed by atoms with Crippen molar-refractivity contribution in [3.8, 4) is 5.75 Å². The summed E-state index contributed by atoms with van der Waals surface area (Å²) in [6.07, 6.45) is 0. The van der Waals surface area contributed by atoms with Crippen molar-refractivity contribution >= 4 is 52.4 Å². The van der Waals surface area contributed by atoms with Crippen LogP contribution in [0.3, 0.4) is 0 Å². The van der Waals surface area contributed by atoms with E-state index in [4.69, 9.17) is 16.3 Å². The molecule has 6 nitrogen and oxygen atoms in total. The number of methoxy groups -OCH3 is 1.